The van der Waals surface area contributed by atoms with E-state index in [0.717, 1.165) is 16.3 Å². The molecule has 4 nitrogen and oxygen atoms in total. The van der Waals surface area contributed by atoms with Crippen molar-refractivity contribution in [2.24, 2.45) is 0 Å². The fourth-order valence-corrected chi connectivity index (χ4v) is 2.65. The van der Waals surface area contributed by atoms with Gasteiger partial charge < -0.3 is 10.4 Å². The lowest BCUT2D eigenvalue weighted by atomic mass is 10.1. The Morgan fingerprint density at radius 1 is 1.50 bits per heavy atom. The fraction of sp³-hybridized carbons (Fsp3) is 0.333. The van der Waals surface area contributed by atoms with Gasteiger partial charge in [-0.25, -0.2) is 4.98 Å². The Morgan fingerprint density at radius 2 is 2.30 bits per heavy atom. The van der Waals surface area contributed by atoms with Crippen LogP contribution in [0.4, 0.5) is 0 Å². The number of hydrogen-bond donors (Lipinski definition) is 2. The number of nitrogens with one attached hydrogen (secondary N) is 1. The molecule has 0 radical (unpaired) electrons. The monoisotopic (exact) mass is 290 g/mol. The molecule has 0 aliphatic carbocycles. The molecule has 0 saturated heterocycles. The lowest BCUT2D eigenvalue weighted by molar-refractivity contribution is -0.121. The van der Waals surface area contributed by atoms with E-state index in [1.165, 1.54) is 16.9 Å². The minimum absolute atomic E-state index is 0.0582. The standard InChI is InChI=1S/C15H18N2O2S/c1-10-4-3-5-12(6-10)15-17-13(9-20-15)7-14(19)16-11(2)8-18/h3-6,9,11,18H,7-8H2,1-2H3,(H,16,19). The highest BCUT2D eigenvalue weighted by molar-refractivity contribution is 7.13. The number of carbonyl (C=O) groups is 1. The Kier molecular flexibility index (Phi) is 4.87. The van der Waals surface area contributed by atoms with E-state index >= 15 is 0 Å². The zero-order chi connectivity index (χ0) is 14.5. The summed E-state index contributed by atoms with van der Waals surface area (Å²) in [5, 5.41) is 14.4. The lowest BCUT2D eigenvalue weighted by Crippen LogP contribution is -2.36. The Morgan fingerprint density at radius 3 is 3.00 bits per heavy atom. The van der Waals surface area contributed by atoms with Crippen molar-refractivity contribution in [3.63, 3.8) is 0 Å². The van der Waals surface area contributed by atoms with Crippen LogP contribution in [0.2, 0.25) is 0 Å². The Labute approximate surface area is 122 Å². The number of amides is 1. The molecule has 1 aromatic carbocycles. The summed E-state index contributed by atoms with van der Waals surface area (Å²) in [6.45, 7) is 3.75. The SMILES string of the molecule is Cc1cccc(-c2nc(CC(=O)NC(C)CO)cs2)c1. The van der Waals surface area contributed by atoms with Gasteiger partial charge in [0.1, 0.15) is 5.01 Å². The number of aliphatic hydroxyl groups excluding tert-OH is 1. The number of nitrogens with zero attached hydrogens (tertiary/aromatic N) is 1. The van der Waals surface area contributed by atoms with Crippen LogP contribution in [0.1, 0.15) is 18.2 Å². The van der Waals surface area contributed by atoms with Crippen molar-refractivity contribution in [3.05, 3.63) is 40.9 Å². The molecule has 20 heavy (non-hydrogen) atoms. The third-order valence-electron chi connectivity index (χ3n) is 2.84. The van der Waals surface area contributed by atoms with Gasteiger partial charge in [0.15, 0.2) is 0 Å². The van der Waals surface area contributed by atoms with Crippen LogP contribution in [-0.2, 0) is 11.2 Å². The summed E-state index contributed by atoms with van der Waals surface area (Å²) in [7, 11) is 0. The number of carbonyl (C=O) groups excluding carboxylic acids is 1. The molecule has 0 aliphatic heterocycles. The molecule has 0 spiro atoms. The van der Waals surface area contributed by atoms with Gasteiger partial charge in [0.05, 0.1) is 18.7 Å². The van der Waals surface area contributed by atoms with Crippen LogP contribution in [0.5, 0.6) is 0 Å². The minimum atomic E-state index is -0.225. The Hall–Kier alpha value is -1.72. The number of aliphatic hydroxyl groups is 1. The molecule has 1 amide bonds. The van der Waals surface area contributed by atoms with Crippen molar-refractivity contribution < 1.29 is 9.90 Å². The van der Waals surface area contributed by atoms with Gasteiger partial charge in [0.2, 0.25) is 5.91 Å². The van der Waals surface area contributed by atoms with E-state index in [1.54, 1.807) is 6.92 Å². The van der Waals surface area contributed by atoms with Gasteiger partial charge in [-0.15, -0.1) is 11.3 Å². The molecule has 0 saturated carbocycles. The maximum atomic E-state index is 11.7. The molecule has 2 rings (SSSR count). The van der Waals surface area contributed by atoms with Crippen LogP contribution in [-0.4, -0.2) is 28.6 Å². The summed E-state index contributed by atoms with van der Waals surface area (Å²) in [6, 6.07) is 7.92. The molecule has 1 unspecified atom stereocenters. The van der Waals surface area contributed by atoms with Gasteiger partial charge in [-0.05, 0) is 19.9 Å². The topological polar surface area (TPSA) is 62.2 Å². The van der Waals surface area contributed by atoms with Crippen LogP contribution in [0.25, 0.3) is 10.6 Å². The summed E-state index contributed by atoms with van der Waals surface area (Å²) in [6.07, 6.45) is 0.243. The van der Waals surface area contributed by atoms with Gasteiger partial charge in [0, 0.05) is 17.0 Å². The Balaban J connectivity index is 2.04. The van der Waals surface area contributed by atoms with Gasteiger partial charge in [0.25, 0.3) is 0 Å². The number of hydrogen-bond acceptors (Lipinski definition) is 4. The summed E-state index contributed by atoms with van der Waals surface area (Å²) < 4.78 is 0. The van der Waals surface area contributed by atoms with Crippen molar-refractivity contribution >= 4 is 17.2 Å². The summed E-state index contributed by atoms with van der Waals surface area (Å²) in [5.41, 5.74) is 3.02. The van der Waals surface area contributed by atoms with Crippen molar-refractivity contribution in [1.29, 1.82) is 0 Å². The second-order valence-corrected chi connectivity index (χ2v) is 5.70. The summed E-state index contributed by atoms with van der Waals surface area (Å²) in [4.78, 5) is 16.2. The number of benzene rings is 1. The van der Waals surface area contributed by atoms with Crippen LogP contribution in [0, 0.1) is 6.92 Å². The van der Waals surface area contributed by atoms with Gasteiger partial charge in [-0.3, -0.25) is 4.79 Å². The molecule has 0 bridgehead atoms. The van der Waals surface area contributed by atoms with Crippen molar-refractivity contribution in [2.45, 2.75) is 26.3 Å². The zero-order valence-corrected chi connectivity index (χ0v) is 12.4. The van der Waals surface area contributed by atoms with Crippen molar-refractivity contribution in [3.8, 4) is 10.6 Å². The Bertz CT molecular complexity index is 595. The molecule has 2 aromatic rings. The van der Waals surface area contributed by atoms with E-state index < -0.39 is 0 Å². The van der Waals surface area contributed by atoms with Crippen LogP contribution < -0.4 is 5.32 Å². The quantitative estimate of drug-likeness (QED) is 0.887. The largest absolute Gasteiger partial charge is 0.394 e. The average Bonchev–Trinajstić information content (AvgIpc) is 2.87. The first-order chi connectivity index (χ1) is 9.58. The van der Waals surface area contributed by atoms with Gasteiger partial charge in [-0.1, -0.05) is 23.8 Å². The number of thiazole rings is 1. The molecular weight excluding hydrogens is 272 g/mol. The second-order valence-electron chi connectivity index (χ2n) is 4.84. The first-order valence-corrected chi connectivity index (χ1v) is 7.38. The smallest absolute Gasteiger partial charge is 0.226 e. The third-order valence-corrected chi connectivity index (χ3v) is 3.78. The van der Waals surface area contributed by atoms with Gasteiger partial charge >= 0.3 is 0 Å². The van der Waals surface area contributed by atoms with Crippen molar-refractivity contribution in [1.82, 2.24) is 10.3 Å². The number of rotatable bonds is 5. The third kappa shape index (κ3) is 3.88. The minimum Gasteiger partial charge on any atom is -0.394 e. The predicted molar refractivity (Wildman–Crippen MR) is 80.7 cm³/mol. The van der Waals surface area contributed by atoms with E-state index in [-0.39, 0.29) is 25.0 Å². The number of aryl methyl sites for hydroxylation is 1. The molecule has 0 aliphatic rings. The molecule has 1 heterocycles. The van der Waals surface area contributed by atoms with Crippen LogP contribution in [0.15, 0.2) is 29.6 Å². The highest BCUT2D eigenvalue weighted by Crippen LogP contribution is 2.24. The van der Waals surface area contributed by atoms with E-state index in [1.807, 2.05) is 30.5 Å². The predicted octanol–water partition coefficient (Wildman–Crippen LogP) is 2.16. The molecule has 1 aromatic heterocycles. The fourth-order valence-electron chi connectivity index (χ4n) is 1.83. The maximum absolute atomic E-state index is 11.7. The second kappa shape index (κ2) is 6.63. The molecular formula is C15H18N2O2S. The van der Waals surface area contributed by atoms with E-state index in [4.69, 9.17) is 5.11 Å². The van der Waals surface area contributed by atoms with Crippen molar-refractivity contribution in [2.75, 3.05) is 6.61 Å². The lowest BCUT2D eigenvalue weighted by Gasteiger charge is -2.09. The van der Waals surface area contributed by atoms with E-state index in [0.29, 0.717) is 0 Å². The molecule has 106 valence electrons. The first-order valence-electron chi connectivity index (χ1n) is 6.50. The summed E-state index contributed by atoms with van der Waals surface area (Å²) in [5.74, 6) is -0.118. The van der Waals surface area contributed by atoms with Gasteiger partial charge in [-0.2, -0.15) is 0 Å². The zero-order valence-electron chi connectivity index (χ0n) is 11.6. The molecule has 5 heteroatoms. The van der Waals surface area contributed by atoms with Crippen LogP contribution in [0.3, 0.4) is 0 Å². The highest BCUT2D eigenvalue weighted by atomic mass is 32.1. The average molecular weight is 290 g/mol. The van der Waals surface area contributed by atoms with E-state index in [9.17, 15) is 4.79 Å². The maximum Gasteiger partial charge on any atom is 0.226 e. The highest BCUT2D eigenvalue weighted by Gasteiger charge is 2.11. The first kappa shape index (κ1) is 14.7. The molecule has 2 N–H and O–H groups in total. The van der Waals surface area contributed by atoms with Crippen LogP contribution >= 0.6 is 11.3 Å². The summed E-state index contributed by atoms with van der Waals surface area (Å²) >= 11 is 1.54. The molecule has 1 atom stereocenters. The number of aromatic nitrogens is 1. The molecule has 0 fully saturated rings. The van der Waals surface area contributed by atoms with E-state index in [2.05, 4.69) is 16.4 Å². The normalized spacial score (nSPS) is 12.2.